The van der Waals surface area contributed by atoms with Crippen LogP contribution in [0.15, 0.2) is 24.3 Å². The summed E-state index contributed by atoms with van der Waals surface area (Å²) < 4.78 is 5.14. The number of ether oxygens (including phenoxy) is 1. The van der Waals surface area contributed by atoms with Gasteiger partial charge in [-0.15, -0.1) is 0 Å². The summed E-state index contributed by atoms with van der Waals surface area (Å²) in [6, 6.07) is 6.68. The van der Waals surface area contributed by atoms with Gasteiger partial charge in [0, 0.05) is 11.6 Å². The predicted octanol–water partition coefficient (Wildman–Crippen LogP) is 3.99. The van der Waals surface area contributed by atoms with Crippen LogP contribution in [0.4, 0.5) is 5.69 Å². The third-order valence-electron chi connectivity index (χ3n) is 5.60. The van der Waals surface area contributed by atoms with Crippen LogP contribution in [-0.2, 0) is 9.59 Å². The van der Waals surface area contributed by atoms with Crippen LogP contribution in [0.25, 0.3) is 0 Å². The Labute approximate surface area is 156 Å². The zero-order valence-electron chi connectivity index (χ0n) is 16.4. The van der Waals surface area contributed by atoms with Gasteiger partial charge >= 0.3 is 0 Å². The summed E-state index contributed by atoms with van der Waals surface area (Å²) in [6.07, 6.45) is 5.11. The standard InChI is InChI=1S/C21H32N2O3/c1-5-14(2)19(23-20(24)18-9-7-6-8-15(18)3)21(25)22-16-10-12-17(26-4)13-11-16/h10-15,18-19H,5-9H2,1-4H3,(H,22,25)(H,23,24)/t14-,15+,18-,19-/m0/s1. The molecule has 1 saturated carbocycles. The van der Waals surface area contributed by atoms with E-state index in [4.69, 9.17) is 4.74 Å². The van der Waals surface area contributed by atoms with Crippen molar-refractivity contribution in [2.45, 2.75) is 58.9 Å². The number of hydrogen-bond donors (Lipinski definition) is 2. The van der Waals surface area contributed by atoms with Gasteiger partial charge in [-0.2, -0.15) is 0 Å². The molecule has 0 radical (unpaired) electrons. The molecule has 0 heterocycles. The van der Waals surface area contributed by atoms with Crippen LogP contribution in [0.1, 0.15) is 52.9 Å². The maximum Gasteiger partial charge on any atom is 0.247 e. The summed E-state index contributed by atoms with van der Waals surface area (Å²) in [5.74, 6) is 1.06. The van der Waals surface area contributed by atoms with Crippen LogP contribution in [0.3, 0.4) is 0 Å². The van der Waals surface area contributed by atoms with E-state index in [-0.39, 0.29) is 23.7 Å². The van der Waals surface area contributed by atoms with Crippen molar-refractivity contribution in [2.24, 2.45) is 17.8 Å². The van der Waals surface area contributed by atoms with E-state index < -0.39 is 6.04 Å². The minimum atomic E-state index is -0.524. The highest BCUT2D eigenvalue weighted by molar-refractivity contribution is 5.97. The molecule has 1 aromatic rings. The maximum atomic E-state index is 12.8. The Hall–Kier alpha value is -2.04. The summed E-state index contributed by atoms with van der Waals surface area (Å²) in [6.45, 7) is 6.18. The first-order valence-electron chi connectivity index (χ1n) is 9.71. The average molecular weight is 360 g/mol. The summed E-state index contributed by atoms with van der Waals surface area (Å²) in [5, 5.41) is 5.95. The number of rotatable bonds is 7. The highest BCUT2D eigenvalue weighted by Gasteiger charge is 2.32. The van der Waals surface area contributed by atoms with Crippen LogP contribution in [0.2, 0.25) is 0 Å². The fourth-order valence-corrected chi connectivity index (χ4v) is 3.56. The molecule has 5 heteroatoms. The van der Waals surface area contributed by atoms with E-state index in [1.165, 1.54) is 6.42 Å². The lowest BCUT2D eigenvalue weighted by molar-refractivity contribution is -0.132. The molecule has 1 aliphatic rings. The SMILES string of the molecule is CC[C@H](C)[C@H](NC(=O)[C@H]1CCCC[C@H]1C)C(=O)Nc1ccc(OC)cc1. The molecule has 0 saturated heterocycles. The highest BCUT2D eigenvalue weighted by Crippen LogP contribution is 2.30. The zero-order chi connectivity index (χ0) is 19.1. The number of benzene rings is 1. The number of carbonyl (C=O) groups is 2. The zero-order valence-corrected chi connectivity index (χ0v) is 16.4. The molecule has 0 spiro atoms. The first kappa shape index (κ1) is 20.3. The van der Waals surface area contributed by atoms with E-state index in [2.05, 4.69) is 17.6 Å². The number of amides is 2. The molecule has 26 heavy (non-hydrogen) atoms. The molecule has 1 fully saturated rings. The first-order valence-corrected chi connectivity index (χ1v) is 9.71. The van der Waals surface area contributed by atoms with E-state index in [1.54, 1.807) is 31.4 Å². The smallest absolute Gasteiger partial charge is 0.247 e. The quantitative estimate of drug-likeness (QED) is 0.772. The molecular weight excluding hydrogens is 328 g/mol. The second kappa shape index (κ2) is 9.60. The fourth-order valence-electron chi connectivity index (χ4n) is 3.56. The largest absolute Gasteiger partial charge is 0.497 e. The molecule has 0 aliphatic heterocycles. The molecule has 0 unspecified atom stereocenters. The van der Waals surface area contributed by atoms with E-state index in [1.807, 2.05) is 13.8 Å². The monoisotopic (exact) mass is 360 g/mol. The minimum absolute atomic E-state index is 0.0177. The van der Waals surface area contributed by atoms with Crippen LogP contribution in [0, 0.1) is 17.8 Å². The van der Waals surface area contributed by atoms with Gasteiger partial charge in [-0.05, 0) is 48.9 Å². The van der Waals surface area contributed by atoms with Crippen LogP contribution >= 0.6 is 0 Å². The Morgan fingerprint density at radius 2 is 1.85 bits per heavy atom. The topological polar surface area (TPSA) is 67.4 Å². The third kappa shape index (κ3) is 5.23. The lowest BCUT2D eigenvalue weighted by atomic mass is 9.79. The molecule has 144 valence electrons. The van der Waals surface area contributed by atoms with E-state index in [0.29, 0.717) is 11.6 Å². The molecule has 2 rings (SSSR count). The summed E-state index contributed by atoms with van der Waals surface area (Å²) in [7, 11) is 1.61. The lowest BCUT2D eigenvalue weighted by Gasteiger charge is -2.31. The van der Waals surface area contributed by atoms with Crippen molar-refractivity contribution in [3.63, 3.8) is 0 Å². The van der Waals surface area contributed by atoms with E-state index in [9.17, 15) is 9.59 Å². The van der Waals surface area contributed by atoms with Crippen molar-refractivity contribution in [1.82, 2.24) is 5.32 Å². The Kier molecular flexibility index (Phi) is 7.49. The Balaban J connectivity index is 2.05. The van der Waals surface area contributed by atoms with Gasteiger partial charge in [0.1, 0.15) is 11.8 Å². The van der Waals surface area contributed by atoms with Gasteiger partial charge in [0.25, 0.3) is 0 Å². The summed E-state index contributed by atoms with van der Waals surface area (Å²) in [5.41, 5.74) is 0.699. The summed E-state index contributed by atoms with van der Waals surface area (Å²) in [4.78, 5) is 25.6. The molecule has 1 aromatic carbocycles. The predicted molar refractivity (Wildman–Crippen MR) is 104 cm³/mol. The van der Waals surface area contributed by atoms with Gasteiger partial charge in [-0.25, -0.2) is 0 Å². The molecule has 2 N–H and O–H groups in total. The van der Waals surface area contributed by atoms with Crippen molar-refractivity contribution in [2.75, 3.05) is 12.4 Å². The van der Waals surface area contributed by atoms with Crippen LogP contribution in [0.5, 0.6) is 5.75 Å². The highest BCUT2D eigenvalue weighted by atomic mass is 16.5. The van der Waals surface area contributed by atoms with Crippen LogP contribution in [-0.4, -0.2) is 25.0 Å². The molecular formula is C21H32N2O3. The lowest BCUT2D eigenvalue weighted by Crippen LogP contribution is -2.50. The molecule has 0 aromatic heterocycles. The van der Waals surface area contributed by atoms with Crippen molar-refractivity contribution < 1.29 is 14.3 Å². The normalized spacial score (nSPS) is 22.2. The number of anilines is 1. The molecule has 1 aliphatic carbocycles. The van der Waals surface area contributed by atoms with Gasteiger partial charge in [-0.1, -0.05) is 40.0 Å². The molecule has 0 bridgehead atoms. The van der Waals surface area contributed by atoms with Gasteiger partial charge in [0.05, 0.1) is 7.11 Å². The van der Waals surface area contributed by atoms with Crippen molar-refractivity contribution >= 4 is 17.5 Å². The van der Waals surface area contributed by atoms with Gasteiger partial charge in [0.15, 0.2) is 0 Å². The Morgan fingerprint density at radius 1 is 1.19 bits per heavy atom. The number of nitrogens with one attached hydrogen (secondary N) is 2. The Morgan fingerprint density at radius 3 is 2.42 bits per heavy atom. The minimum Gasteiger partial charge on any atom is -0.497 e. The van der Waals surface area contributed by atoms with Crippen molar-refractivity contribution in [1.29, 1.82) is 0 Å². The molecule has 5 nitrogen and oxygen atoms in total. The number of hydrogen-bond acceptors (Lipinski definition) is 3. The average Bonchev–Trinajstić information content (AvgIpc) is 2.66. The number of carbonyl (C=O) groups excluding carboxylic acids is 2. The van der Waals surface area contributed by atoms with E-state index >= 15 is 0 Å². The second-order valence-corrected chi connectivity index (χ2v) is 7.46. The maximum absolute atomic E-state index is 12.8. The van der Waals surface area contributed by atoms with Gasteiger partial charge in [-0.3, -0.25) is 9.59 Å². The van der Waals surface area contributed by atoms with Gasteiger partial charge < -0.3 is 15.4 Å². The van der Waals surface area contributed by atoms with Gasteiger partial charge in [0.2, 0.25) is 11.8 Å². The number of methoxy groups -OCH3 is 1. The molecule has 2 amide bonds. The first-order chi connectivity index (χ1) is 12.5. The second-order valence-electron chi connectivity index (χ2n) is 7.46. The van der Waals surface area contributed by atoms with Crippen molar-refractivity contribution in [3.8, 4) is 5.75 Å². The Bertz CT molecular complexity index is 600. The third-order valence-corrected chi connectivity index (χ3v) is 5.60. The summed E-state index contributed by atoms with van der Waals surface area (Å²) >= 11 is 0. The fraction of sp³-hybridized carbons (Fsp3) is 0.619. The van der Waals surface area contributed by atoms with E-state index in [0.717, 1.165) is 31.4 Å². The van der Waals surface area contributed by atoms with Crippen molar-refractivity contribution in [3.05, 3.63) is 24.3 Å². The van der Waals surface area contributed by atoms with Crippen LogP contribution < -0.4 is 15.4 Å². The molecule has 4 atom stereocenters.